The highest BCUT2D eigenvalue weighted by atomic mass is 19.4. The number of anilines is 1. The van der Waals surface area contributed by atoms with Gasteiger partial charge in [-0.1, -0.05) is 6.07 Å². The molecule has 2 N–H and O–H groups in total. The molecule has 11 heteroatoms. The smallest absolute Gasteiger partial charge is 0.355 e. The van der Waals surface area contributed by atoms with E-state index in [2.05, 4.69) is 24.9 Å². The summed E-state index contributed by atoms with van der Waals surface area (Å²) in [6.45, 7) is 1.27. The van der Waals surface area contributed by atoms with Crippen LogP contribution in [0.1, 0.15) is 30.1 Å². The largest absolute Gasteiger partial charge is 0.449 e. The van der Waals surface area contributed by atoms with Crippen LogP contribution in [-0.2, 0) is 13.2 Å². The normalized spacial score (nSPS) is 16.1. The average Bonchev–Trinajstić information content (AvgIpc) is 3.26. The third-order valence-corrected chi connectivity index (χ3v) is 5.70. The van der Waals surface area contributed by atoms with Gasteiger partial charge in [-0.05, 0) is 36.5 Å². The molecule has 0 bridgehead atoms. The maximum atomic E-state index is 13.2. The minimum absolute atomic E-state index is 0.163. The number of halogens is 3. The van der Waals surface area contributed by atoms with E-state index >= 15 is 0 Å². The van der Waals surface area contributed by atoms with E-state index in [1.165, 1.54) is 13.4 Å². The molecular weight excluding hydrogens is 399 g/mol. The number of aryl methyl sites for hydroxylation is 1. The quantitative estimate of drug-likeness (QED) is 0.523. The van der Waals surface area contributed by atoms with Gasteiger partial charge in [0, 0.05) is 20.1 Å². The van der Waals surface area contributed by atoms with Crippen LogP contribution in [0.2, 0.25) is 0 Å². The molecule has 1 fully saturated rings. The lowest BCUT2D eigenvalue weighted by atomic mass is 9.89. The molecule has 4 heterocycles. The molecule has 0 unspecified atom stereocenters. The number of fused-ring (bicyclic) bond motifs is 2. The monoisotopic (exact) mass is 417 g/mol. The minimum atomic E-state index is -4.56. The van der Waals surface area contributed by atoms with E-state index in [4.69, 9.17) is 0 Å². The molecule has 1 aliphatic heterocycles. The Balaban J connectivity index is 1.41. The number of imidazole rings is 2. The number of alkyl halides is 3. The first kappa shape index (κ1) is 18.6. The zero-order valence-corrected chi connectivity index (χ0v) is 16.0. The van der Waals surface area contributed by atoms with Crippen LogP contribution in [0.25, 0.3) is 22.2 Å². The van der Waals surface area contributed by atoms with Gasteiger partial charge in [0.05, 0.1) is 11.0 Å². The van der Waals surface area contributed by atoms with E-state index in [0.29, 0.717) is 18.9 Å². The summed E-state index contributed by atoms with van der Waals surface area (Å²) >= 11 is 0. The molecule has 3 aromatic heterocycles. The lowest BCUT2D eigenvalue weighted by Gasteiger charge is -2.33. The second-order valence-electron chi connectivity index (χ2n) is 7.51. The molecule has 0 spiro atoms. The molecule has 0 aliphatic carbocycles. The fourth-order valence-corrected chi connectivity index (χ4v) is 4.20. The maximum Gasteiger partial charge on any atom is 0.449 e. The van der Waals surface area contributed by atoms with Crippen molar-refractivity contribution >= 4 is 28.0 Å². The minimum Gasteiger partial charge on any atom is -0.355 e. The van der Waals surface area contributed by atoms with Gasteiger partial charge in [0.25, 0.3) is 0 Å². The molecule has 0 amide bonds. The summed E-state index contributed by atoms with van der Waals surface area (Å²) in [5.74, 6) is -0.270. The van der Waals surface area contributed by atoms with Crippen molar-refractivity contribution in [3.8, 4) is 0 Å². The number of piperidine rings is 1. The molecule has 0 atom stereocenters. The van der Waals surface area contributed by atoms with Gasteiger partial charge in [-0.3, -0.25) is 0 Å². The highest BCUT2D eigenvalue weighted by molar-refractivity contribution is 5.84. The molecule has 30 heavy (non-hydrogen) atoms. The van der Waals surface area contributed by atoms with Gasteiger partial charge >= 0.3 is 11.9 Å². The molecule has 0 saturated carbocycles. The van der Waals surface area contributed by atoms with Gasteiger partial charge < -0.3 is 19.4 Å². The number of benzene rings is 1. The van der Waals surface area contributed by atoms with Gasteiger partial charge in [0.1, 0.15) is 6.33 Å². The van der Waals surface area contributed by atoms with Crippen molar-refractivity contribution in [3.05, 3.63) is 46.4 Å². The summed E-state index contributed by atoms with van der Waals surface area (Å²) in [6.07, 6.45) is -1.66. The highest BCUT2D eigenvalue weighted by Gasteiger charge is 2.38. The lowest BCUT2D eigenvalue weighted by molar-refractivity contribution is -0.146. The third-order valence-electron chi connectivity index (χ3n) is 5.70. The SMILES string of the molecule is Cn1c(C(F)(F)F)nc2c(N3CCC(c4ccc5[nH]c(=O)[nH]c5c4)CC3)ncnc21. The van der Waals surface area contributed by atoms with Crippen LogP contribution in [0, 0.1) is 0 Å². The molecule has 1 aromatic carbocycles. The molecule has 0 radical (unpaired) electrons. The Morgan fingerprint density at radius 1 is 1.10 bits per heavy atom. The van der Waals surface area contributed by atoms with Gasteiger partial charge in [0.2, 0.25) is 5.82 Å². The Hall–Kier alpha value is -3.37. The predicted molar refractivity (Wildman–Crippen MR) is 104 cm³/mol. The molecule has 1 saturated heterocycles. The van der Waals surface area contributed by atoms with E-state index in [1.807, 2.05) is 23.1 Å². The summed E-state index contributed by atoms with van der Waals surface area (Å²) in [4.78, 5) is 31.0. The Kier molecular flexibility index (Phi) is 4.09. The van der Waals surface area contributed by atoms with Crippen LogP contribution in [-0.4, -0.2) is 42.6 Å². The van der Waals surface area contributed by atoms with Crippen molar-refractivity contribution in [2.45, 2.75) is 24.9 Å². The molecule has 156 valence electrons. The predicted octanol–water partition coefficient (Wildman–Crippen LogP) is 2.94. The zero-order chi connectivity index (χ0) is 21.0. The summed E-state index contributed by atoms with van der Waals surface area (Å²) in [5, 5.41) is 0. The number of hydrogen-bond acceptors (Lipinski definition) is 5. The van der Waals surface area contributed by atoms with E-state index < -0.39 is 12.0 Å². The van der Waals surface area contributed by atoms with Crippen molar-refractivity contribution in [1.82, 2.24) is 29.5 Å². The van der Waals surface area contributed by atoms with Crippen LogP contribution in [0.5, 0.6) is 0 Å². The number of H-pyrrole nitrogens is 2. The van der Waals surface area contributed by atoms with Crippen LogP contribution in [0.4, 0.5) is 19.0 Å². The lowest BCUT2D eigenvalue weighted by Crippen LogP contribution is -2.33. The van der Waals surface area contributed by atoms with E-state index in [1.54, 1.807) is 0 Å². The fourth-order valence-electron chi connectivity index (χ4n) is 4.20. The number of aromatic amines is 2. The second-order valence-corrected chi connectivity index (χ2v) is 7.51. The molecule has 5 rings (SSSR count). The Labute approximate surface area is 167 Å². The summed E-state index contributed by atoms with van der Waals surface area (Å²) in [7, 11) is 1.31. The van der Waals surface area contributed by atoms with E-state index in [9.17, 15) is 18.0 Å². The zero-order valence-electron chi connectivity index (χ0n) is 16.0. The summed E-state index contributed by atoms with van der Waals surface area (Å²) in [5.41, 5.74) is 2.75. The maximum absolute atomic E-state index is 13.2. The number of nitrogens with one attached hydrogen (secondary N) is 2. The Bertz CT molecular complexity index is 1300. The van der Waals surface area contributed by atoms with Gasteiger partial charge in [-0.2, -0.15) is 13.2 Å². The van der Waals surface area contributed by atoms with Crippen LogP contribution < -0.4 is 10.6 Å². The first-order valence-electron chi connectivity index (χ1n) is 9.53. The number of nitrogens with zero attached hydrogens (tertiary/aromatic N) is 5. The Morgan fingerprint density at radius 2 is 1.83 bits per heavy atom. The standard InChI is InChI=1S/C19H18F3N7O/c1-28-15-14(27-17(28)19(20,21)22)16(24-9-23-15)29-6-4-10(5-7-29)11-2-3-12-13(8-11)26-18(30)25-12/h2-3,8-10H,4-7H2,1H3,(H2,25,26,30). The van der Waals surface area contributed by atoms with Crippen LogP contribution in [0.15, 0.2) is 29.3 Å². The summed E-state index contributed by atoms with van der Waals surface area (Å²) < 4.78 is 40.7. The van der Waals surface area contributed by atoms with Gasteiger partial charge in [-0.15, -0.1) is 0 Å². The molecule has 1 aliphatic rings. The van der Waals surface area contributed by atoms with Crippen molar-refractivity contribution < 1.29 is 13.2 Å². The molecular formula is C19H18F3N7O. The van der Waals surface area contributed by atoms with Crippen molar-refractivity contribution in [2.75, 3.05) is 18.0 Å². The van der Waals surface area contributed by atoms with E-state index in [0.717, 1.165) is 34.0 Å². The molecule has 4 aromatic rings. The average molecular weight is 417 g/mol. The topological polar surface area (TPSA) is 95.5 Å². The van der Waals surface area contributed by atoms with Crippen molar-refractivity contribution in [2.24, 2.45) is 7.05 Å². The highest BCUT2D eigenvalue weighted by Crippen LogP contribution is 2.35. The van der Waals surface area contributed by atoms with Crippen LogP contribution >= 0.6 is 0 Å². The number of hydrogen-bond donors (Lipinski definition) is 2. The summed E-state index contributed by atoms with van der Waals surface area (Å²) in [6, 6.07) is 5.87. The molecule has 8 nitrogen and oxygen atoms in total. The van der Waals surface area contributed by atoms with Crippen molar-refractivity contribution in [3.63, 3.8) is 0 Å². The second kappa shape index (κ2) is 6.57. The van der Waals surface area contributed by atoms with Crippen LogP contribution in [0.3, 0.4) is 0 Å². The first-order chi connectivity index (χ1) is 14.3. The van der Waals surface area contributed by atoms with Gasteiger partial charge in [-0.25, -0.2) is 19.7 Å². The first-order valence-corrected chi connectivity index (χ1v) is 9.53. The third kappa shape index (κ3) is 3.01. The number of rotatable bonds is 2. The number of aromatic nitrogens is 6. The van der Waals surface area contributed by atoms with Crippen molar-refractivity contribution in [1.29, 1.82) is 0 Å². The van der Waals surface area contributed by atoms with Gasteiger partial charge in [0.15, 0.2) is 17.0 Å². The fraction of sp³-hybridized carbons (Fsp3) is 0.368. The Morgan fingerprint density at radius 3 is 2.57 bits per heavy atom. The van der Waals surface area contributed by atoms with E-state index in [-0.39, 0.29) is 22.8 Å².